The molecule has 0 aliphatic heterocycles. The highest BCUT2D eigenvalue weighted by Crippen LogP contribution is 2.22. The van der Waals surface area contributed by atoms with Crippen molar-refractivity contribution in [2.75, 3.05) is 20.7 Å². The molecule has 3 heteroatoms. The largest absolute Gasteiger partial charge is 0.497 e. The number of benzene rings is 2. The molecule has 0 fully saturated rings. The highest BCUT2D eigenvalue weighted by molar-refractivity contribution is 5.85. The summed E-state index contributed by atoms with van der Waals surface area (Å²) in [5, 5.41) is 0. The van der Waals surface area contributed by atoms with E-state index in [0.717, 1.165) is 18.8 Å². The van der Waals surface area contributed by atoms with Crippen LogP contribution in [-0.2, 0) is 19.4 Å². The number of hydrogen-bond acceptors (Lipinski definition) is 2. The summed E-state index contributed by atoms with van der Waals surface area (Å²) in [5.74, 6) is 0.900. The second kappa shape index (κ2) is 9.65. The van der Waals surface area contributed by atoms with Crippen molar-refractivity contribution in [3.05, 3.63) is 70.8 Å². The summed E-state index contributed by atoms with van der Waals surface area (Å²) in [7, 11) is 3.87. The van der Waals surface area contributed by atoms with Crippen molar-refractivity contribution in [2.45, 2.75) is 32.2 Å². The molecule has 0 aromatic heterocycles. The quantitative estimate of drug-likeness (QED) is 0.709. The lowest BCUT2D eigenvalue weighted by atomic mass is 9.90. The second-order valence-corrected chi connectivity index (χ2v) is 6.68. The molecule has 0 N–H and O–H groups in total. The minimum Gasteiger partial charge on any atom is -0.497 e. The third-order valence-corrected chi connectivity index (χ3v) is 4.71. The SMILES string of the molecule is COc1ccc(/C=C/CN(C)Cc2ccc3c(c2)CCCC3)cc1.Cl. The van der Waals surface area contributed by atoms with Crippen LogP contribution < -0.4 is 4.74 Å². The molecule has 1 aliphatic rings. The zero-order valence-electron chi connectivity index (χ0n) is 15.2. The minimum atomic E-state index is 0. The number of halogens is 1. The predicted octanol–water partition coefficient (Wildman–Crippen LogP) is 5.14. The van der Waals surface area contributed by atoms with E-state index < -0.39 is 0 Å². The molecule has 0 spiro atoms. The summed E-state index contributed by atoms with van der Waals surface area (Å²) in [6.07, 6.45) is 9.60. The number of fused-ring (bicyclic) bond motifs is 1. The van der Waals surface area contributed by atoms with Crippen LogP contribution in [0.1, 0.15) is 35.1 Å². The first-order valence-electron chi connectivity index (χ1n) is 8.84. The zero-order chi connectivity index (χ0) is 16.8. The number of aryl methyl sites for hydroxylation is 2. The fraction of sp³-hybridized carbons (Fsp3) is 0.364. The molecule has 2 aromatic rings. The summed E-state index contributed by atoms with van der Waals surface area (Å²) in [6.45, 7) is 1.95. The van der Waals surface area contributed by atoms with Gasteiger partial charge in [0.15, 0.2) is 0 Å². The lowest BCUT2D eigenvalue weighted by Crippen LogP contribution is -2.18. The van der Waals surface area contributed by atoms with Crippen LogP contribution in [0.3, 0.4) is 0 Å². The van der Waals surface area contributed by atoms with Crippen molar-refractivity contribution in [1.29, 1.82) is 0 Å². The standard InChI is InChI=1S/C22H27NO.ClH/c1-23(15-5-6-18-10-13-22(24-2)14-11-18)17-19-9-12-20-7-3-4-8-21(20)16-19;/h5-6,9-14,16H,3-4,7-8,15,17H2,1-2H3;1H/b6-5+;. The average Bonchev–Trinajstić information content (AvgIpc) is 2.62. The fourth-order valence-electron chi connectivity index (χ4n) is 3.35. The molecule has 3 rings (SSSR count). The fourth-order valence-corrected chi connectivity index (χ4v) is 3.35. The summed E-state index contributed by atoms with van der Waals surface area (Å²) in [5.41, 5.74) is 5.77. The smallest absolute Gasteiger partial charge is 0.118 e. The summed E-state index contributed by atoms with van der Waals surface area (Å²) >= 11 is 0. The Labute approximate surface area is 157 Å². The summed E-state index contributed by atoms with van der Waals surface area (Å²) in [6, 6.07) is 15.2. The Hall–Kier alpha value is -1.77. The van der Waals surface area contributed by atoms with E-state index in [2.05, 4.69) is 54.4 Å². The van der Waals surface area contributed by atoms with Crippen LogP contribution in [-0.4, -0.2) is 25.6 Å². The van der Waals surface area contributed by atoms with Crippen LogP contribution in [0.5, 0.6) is 5.75 Å². The van der Waals surface area contributed by atoms with Gasteiger partial charge in [0.05, 0.1) is 7.11 Å². The van der Waals surface area contributed by atoms with Crippen LogP contribution in [0.2, 0.25) is 0 Å². The van der Waals surface area contributed by atoms with Gasteiger partial charge in [0.2, 0.25) is 0 Å². The Morgan fingerprint density at radius 2 is 1.72 bits per heavy atom. The van der Waals surface area contributed by atoms with E-state index in [-0.39, 0.29) is 12.4 Å². The molecule has 0 saturated heterocycles. The van der Waals surface area contributed by atoms with Gasteiger partial charge >= 0.3 is 0 Å². The van der Waals surface area contributed by atoms with Gasteiger partial charge < -0.3 is 4.74 Å². The predicted molar refractivity (Wildman–Crippen MR) is 109 cm³/mol. The first-order valence-corrected chi connectivity index (χ1v) is 8.84. The molecule has 0 bridgehead atoms. The zero-order valence-corrected chi connectivity index (χ0v) is 16.0. The van der Waals surface area contributed by atoms with E-state index in [4.69, 9.17) is 4.74 Å². The molecular weight excluding hydrogens is 330 g/mol. The Balaban J connectivity index is 0.00000225. The van der Waals surface area contributed by atoms with Gasteiger partial charge in [-0.3, -0.25) is 4.90 Å². The van der Waals surface area contributed by atoms with Crippen molar-refractivity contribution in [3.8, 4) is 5.75 Å². The van der Waals surface area contributed by atoms with Crippen molar-refractivity contribution in [2.24, 2.45) is 0 Å². The molecular formula is C22H28ClNO. The van der Waals surface area contributed by atoms with Crippen molar-refractivity contribution in [1.82, 2.24) is 4.90 Å². The Bertz CT molecular complexity index is 694. The normalized spacial score (nSPS) is 13.6. The number of likely N-dealkylation sites (N-methyl/N-ethyl adjacent to an activating group) is 1. The number of methoxy groups -OCH3 is 1. The number of nitrogens with zero attached hydrogens (tertiary/aromatic N) is 1. The molecule has 134 valence electrons. The van der Waals surface area contributed by atoms with E-state index >= 15 is 0 Å². The van der Waals surface area contributed by atoms with Crippen LogP contribution in [0.25, 0.3) is 6.08 Å². The van der Waals surface area contributed by atoms with Gasteiger partial charge in [0.1, 0.15) is 5.75 Å². The lowest BCUT2D eigenvalue weighted by molar-refractivity contribution is 0.363. The van der Waals surface area contributed by atoms with Gasteiger partial charge in [-0.1, -0.05) is 42.5 Å². The maximum atomic E-state index is 5.19. The topological polar surface area (TPSA) is 12.5 Å². The molecule has 25 heavy (non-hydrogen) atoms. The number of hydrogen-bond donors (Lipinski definition) is 0. The van der Waals surface area contributed by atoms with E-state index in [9.17, 15) is 0 Å². The molecule has 2 nitrogen and oxygen atoms in total. The molecule has 0 saturated carbocycles. The van der Waals surface area contributed by atoms with Gasteiger partial charge in [-0.05, 0) is 67.1 Å². The van der Waals surface area contributed by atoms with Crippen molar-refractivity contribution in [3.63, 3.8) is 0 Å². The molecule has 1 aliphatic carbocycles. The average molecular weight is 358 g/mol. The van der Waals surface area contributed by atoms with Crippen LogP contribution >= 0.6 is 12.4 Å². The van der Waals surface area contributed by atoms with Crippen molar-refractivity contribution < 1.29 is 4.74 Å². The second-order valence-electron chi connectivity index (χ2n) is 6.68. The molecule has 0 radical (unpaired) electrons. The van der Waals surface area contributed by atoms with Crippen LogP contribution in [0.4, 0.5) is 0 Å². The van der Waals surface area contributed by atoms with Gasteiger partial charge in [-0.15, -0.1) is 12.4 Å². The maximum absolute atomic E-state index is 5.19. The molecule has 0 heterocycles. The third kappa shape index (κ3) is 5.62. The highest BCUT2D eigenvalue weighted by atomic mass is 35.5. The Morgan fingerprint density at radius 1 is 1.00 bits per heavy atom. The number of ether oxygens (including phenoxy) is 1. The molecule has 0 atom stereocenters. The van der Waals surface area contributed by atoms with Crippen molar-refractivity contribution >= 4 is 18.5 Å². The number of rotatable bonds is 6. The first-order chi connectivity index (χ1) is 11.7. The van der Waals surface area contributed by atoms with Gasteiger partial charge in [-0.25, -0.2) is 0 Å². The van der Waals surface area contributed by atoms with E-state index in [0.29, 0.717) is 0 Å². The van der Waals surface area contributed by atoms with Crippen LogP contribution in [0.15, 0.2) is 48.5 Å². The lowest BCUT2D eigenvalue weighted by Gasteiger charge is -2.19. The molecule has 0 amide bonds. The minimum absolute atomic E-state index is 0. The van der Waals surface area contributed by atoms with E-state index in [1.165, 1.54) is 36.8 Å². The van der Waals surface area contributed by atoms with E-state index in [1.807, 2.05) is 12.1 Å². The van der Waals surface area contributed by atoms with Crippen LogP contribution in [0, 0.1) is 0 Å². The first kappa shape index (κ1) is 19.6. The summed E-state index contributed by atoms with van der Waals surface area (Å²) < 4.78 is 5.19. The maximum Gasteiger partial charge on any atom is 0.118 e. The van der Waals surface area contributed by atoms with Gasteiger partial charge in [0, 0.05) is 13.1 Å². The highest BCUT2D eigenvalue weighted by Gasteiger charge is 2.09. The summed E-state index contributed by atoms with van der Waals surface area (Å²) in [4.78, 5) is 2.35. The Kier molecular flexibility index (Phi) is 7.54. The molecule has 2 aromatic carbocycles. The van der Waals surface area contributed by atoms with Gasteiger partial charge in [-0.2, -0.15) is 0 Å². The Morgan fingerprint density at radius 3 is 2.44 bits per heavy atom. The third-order valence-electron chi connectivity index (χ3n) is 4.71. The monoisotopic (exact) mass is 357 g/mol. The molecule has 0 unspecified atom stereocenters. The van der Waals surface area contributed by atoms with E-state index in [1.54, 1.807) is 18.2 Å². The van der Waals surface area contributed by atoms with Gasteiger partial charge in [0.25, 0.3) is 0 Å².